The van der Waals surface area contributed by atoms with E-state index >= 15 is 0 Å². The van der Waals surface area contributed by atoms with Gasteiger partial charge in [-0.3, -0.25) is 14.4 Å². The lowest BCUT2D eigenvalue weighted by Crippen LogP contribution is -2.38. The Morgan fingerprint density at radius 3 is 2.43 bits per heavy atom. The second kappa shape index (κ2) is 9.87. The third-order valence-electron chi connectivity index (χ3n) is 7.43. The fraction of sp³-hybridized carbons (Fsp3) is 0.560. The Hall–Kier alpha value is -3.11. The molecular formula is C25H33N3O7. The van der Waals surface area contributed by atoms with Gasteiger partial charge in [-0.25, -0.2) is 0 Å². The number of amides is 1. The van der Waals surface area contributed by atoms with Gasteiger partial charge in [0.2, 0.25) is 0 Å². The number of primary amides is 1. The molecular weight excluding hydrogens is 454 g/mol. The third kappa shape index (κ3) is 4.60. The van der Waals surface area contributed by atoms with E-state index in [1.165, 1.54) is 0 Å². The first-order chi connectivity index (χ1) is 16.6. The van der Waals surface area contributed by atoms with Crippen molar-refractivity contribution in [2.24, 2.45) is 23.5 Å². The van der Waals surface area contributed by atoms with Crippen LogP contribution < -0.4 is 15.5 Å². The molecule has 1 heterocycles. The Kier molecular flexibility index (Phi) is 7.05. The molecule has 5 N–H and O–H groups in total. The van der Waals surface area contributed by atoms with Crippen molar-refractivity contribution in [3.8, 4) is 5.75 Å². The summed E-state index contributed by atoms with van der Waals surface area (Å²) < 4.78 is 5.42. The van der Waals surface area contributed by atoms with Gasteiger partial charge in [0.05, 0.1) is 31.1 Å². The monoisotopic (exact) mass is 487 g/mol. The molecule has 1 amide bonds. The van der Waals surface area contributed by atoms with E-state index in [0.29, 0.717) is 50.4 Å². The Bertz CT molecular complexity index is 1080. The second-order valence-electron chi connectivity index (χ2n) is 9.84. The Balaban J connectivity index is 1.65. The zero-order chi connectivity index (χ0) is 25.4. The zero-order valence-corrected chi connectivity index (χ0v) is 20.1. The smallest absolute Gasteiger partial charge is 0.255 e. The van der Waals surface area contributed by atoms with Gasteiger partial charge in [-0.1, -0.05) is 0 Å². The van der Waals surface area contributed by atoms with E-state index < -0.39 is 41.5 Å². The Morgan fingerprint density at radius 2 is 1.83 bits per heavy atom. The highest BCUT2D eigenvalue weighted by Crippen LogP contribution is 2.46. The van der Waals surface area contributed by atoms with Gasteiger partial charge in [0.15, 0.2) is 11.6 Å². The van der Waals surface area contributed by atoms with Gasteiger partial charge in [0.25, 0.3) is 5.91 Å². The molecule has 1 unspecified atom stereocenters. The second-order valence-corrected chi connectivity index (χ2v) is 9.84. The number of aliphatic hydroxyl groups is 2. The number of hydrogen-bond acceptors (Lipinski definition) is 9. The first kappa shape index (κ1) is 25.0. The quantitative estimate of drug-likeness (QED) is 0.429. The van der Waals surface area contributed by atoms with Crippen LogP contribution in [0.1, 0.15) is 35.2 Å². The molecule has 1 aromatic carbocycles. The highest BCUT2D eigenvalue weighted by molar-refractivity contribution is 6.19. The molecule has 1 aromatic rings. The summed E-state index contributed by atoms with van der Waals surface area (Å²) in [6.07, 6.45) is 1.04. The number of aliphatic hydroxyl groups excluding tert-OH is 2. The molecule has 3 aliphatic rings. The Labute approximate surface area is 203 Å². The van der Waals surface area contributed by atoms with Gasteiger partial charge in [-0.15, -0.1) is 0 Å². The molecule has 0 bridgehead atoms. The van der Waals surface area contributed by atoms with Crippen molar-refractivity contribution in [1.29, 1.82) is 0 Å². The van der Waals surface area contributed by atoms with Crippen molar-refractivity contribution in [3.05, 3.63) is 28.5 Å². The average molecular weight is 488 g/mol. The number of anilines is 2. The number of benzene rings is 1. The van der Waals surface area contributed by atoms with E-state index in [2.05, 4.69) is 0 Å². The number of phenols is 1. The molecule has 0 saturated carbocycles. The summed E-state index contributed by atoms with van der Waals surface area (Å²) in [7, 11) is 3.78. The molecule has 1 fully saturated rings. The van der Waals surface area contributed by atoms with E-state index in [0.717, 1.165) is 11.3 Å². The van der Waals surface area contributed by atoms with E-state index in [1.807, 2.05) is 30.0 Å². The molecule has 1 saturated heterocycles. The van der Waals surface area contributed by atoms with E-state index in [4.69, 9.17) is 10.5 Å². The maximum Gasteiger partial charge on any atom is 0.255 e. The molecule has 35 heavy (non-hydrogen) atoms. The predicted molar refractivity (Wildman–Crippen MR) is 129 cm³/mol. The van der Waals surface area contributed by atoms with E-state index in [-0.39, 0.29) is 30.3 Å². The van der Waals surface area contributed by atoms with Crippen molar-refractivity contribution in [1.82, 2.24) is 0 Å². The van der Waals surface area contributed by atoms with Gasteiger partial charge in [0, 0.05) is 51.6 Å². The Morgan fingerprint density at radius 1 is 1.14 bits per heavy atom. The minimum Gasteiger partial charge on any atom is -0.511 e. The minimum absolute atomic E-state index is 0.0105. The standard InChI is InChI=1S/C25H33N3O7/c1-27(2)17-11-18(28-3-5-35-6-4-28)24(33)21-15(17)8-13(9-19(21)30)7-14-10-20(31)22(25(26)34)23(32)16(14)12-29/h11,13-14,16,29,32-33H,3-10,12H2,1-2H3,(H2,26,34)/t13-,14+,16?/m1/s1. The van der Waals surface area contributed by atoms with Gasteiger partial charge < -0.3 is 35.6 Å². The molecule has 0 aromatic heterocycles. The fourth-order valence-corrected chi connectivity index (χ4v) is 5.74. The van der Waals surface area contributed by atoms with Crippen molar-refractivity contribution < 1.29 is 34.4 Å². The minimum atomic E-state index is -1.01. The van der Waals surface area contributed by atoms with Crippen LogP contribution in [0, 0.1) is 17.8 Å². The predicted octanol–water partition coefficient (Wildman–Crippen LogP) is 0.925. The van der Waals surface area contributed by atoms with Gasteiger partial charge in [-0.05, 0) is 36.3 Å². The first-order valence-electron chi connectivity index (χ1n) is 11.9. The zero-order valence-electron chi connectivity index (χ0n) is 20.1. The highest BCUT2D eigenvalue weighted by atomic mass is 16.5. The number of phenolic OH excluding ortho intramolecular Hbond substituents is 1. The van der Waals surface area contributed by atoms with Crippen molar-refractivity contribution in [2.45, 2.75) is 25.7 Å². The number of aromatic hydroxyl groups is 1. The van der Waals surface area contributed by atoms with E-state index in [1.54, 1.807) is 0 Å². The molecule has 10 heteroatoms. The van der Waals surface area contributed by atoms with E-state index in [9.17, 15) is 29.7 Å². The summed E-state index contributed by atoms with van der Waals surface area (Å²) in [6.45, 7) is 1.91. The van der Waals surface area contributed by atoms with Gasteiger partial charge in [-0.2, -0.15) is 0 Å². The number of hydrogen-bond donors (Lipinski definition) is 4. The van der Waals surface area contributed by atoms with Crippen LogP contribution in [0.4, 0.5) is 11.4 Å². The summed E-state index contributed by atoms with van der Waals surface area (Å²) in [5.41, 5.74) is 7.36. The molecule has 2 aliphatic carbocycles. The average Bonchev–Trinajstić information content (AvgIpc) is 2.79. The fourth-order valence-electron chi connectivity index (χ4n) is 5.74. The number of ether oxygens (including phenoxy) is 1. The van der Waals surface area contributed by atoms with Gasteiger partial charge in [0.1, 0.15) is 17.1 Å². The number of rotatable bonds is 6. The third-order valence-corrected chi connectivity index (χ3v) is 7.43. The van der Waals surface area contributed by atoms with Crippen LogP contribution in [0.2, 0.25) is 0 Å². The molecule has 1 aliphatic heterocycles. The number of morpholine rings is 1. The number of ketones is 2. The molecule has 0 spiro atoms. The summed E-state index contributed by atoms with van der Waals surface area (Å²) >= 11 is 0. The number of nitrogens with two attached hydrogens (primary N) is 1. The summed E-state index contributed by atoms with van der Waals surface area (Å²) in [4.78, 5) is 41.4. The SMILES string of the molecule is CN(C)c1cc(N2CCOCC2)c(O)c2c1C[C@@H](C[C@H]1CC(=O)C(C(N)=O)=C(O)C1CO)CC2=O. The largest absolute Gasteiger partial charge is 0.511 e. The molecule has 3 atom stereocenters. The normalized spacial score (nSPS) is 25.0. The summed E-state index contributed by atoms with van der Waals surface area (Å²) in [6, 6.07) is 1.91. The van der Waals surface area contributed by atoms with Crippen LogP contribution in [0.25, 0.3) is 0 Å². The lowest BCUT2D eigenvalue weighted by Gasteiger charge is -2.36. The van der Waals surface area contributed by atoms with Crippen LogP contribution in [0.15, 0.2) is 17.4 Å². The number of carbonyl (C=O) groups excluding carboxylic acids is 3. The molecule has 4 rings (SSSR count). The maximum absolute atomic E-state index is 13.3. The molecule has 190 valence electrons. The van der Waals surface area contributed by atoms with Crippen LogP contribution in [0.5, 0.6) is 5.75 Å². The molecule has 10 nitrogen and oxygen atoms in total. The van der Waals surface area contributed by atoms with Crippen LogP contribution in [0.3, 0.4) is 0 Å². The van der Waals surface area contributed by atoms with Crippen LogP contribution in [-0.2, 0) is 20.7 Å². The summed E-state index contributed by atoms with van der Waals surface area (Å²) in [5.74, 6) is -3.59. The lowest BCUT2D eigenvalue weighted by atomic mass is 9.70. The molecule has 0 radical (unpaired) electrons. The van der Waals surface area contributed by atoms with Crippen LogP contribution in [-0.4, -0.2) is 79.8 Å². The van der Waals surface area contributed by atoms with Gasteiger partial charge >= 0.3 is 0 Å². The first-order valence-corrected chi connectivity index (χ1v) is 11.9. The van der Waals surface area contributed by atoms with Crippen molar-refractivity contribution in [2.75, 3.05) is 56.8 Å². The summed E-state index contributed by atoms with van der Waals surface area (Å²) in [5, 5.41) is 31.5. The number of Topliss-reactive ketones (excluding diaryl/α,β-unsaturated/α-hetero) is 2. The topological polar surface area (TPSA) is 154 Å². The maximum atomic E-state index is 13.3. The lowest BCUT2D eigenvalue weighted by molar-refractivity contribution is -0.123. The van der Waals surface area contributed by atoms with Crippen molar-refractivity contribution >= 4 is 28.8 Å². The number of nitrogens with zero attached hydrogens (tertiary/aromatic N) is 2. The number of fused-ring (bicyclic) bond motifs is 1. The highest BCUT2D eigenvalue weighted by Gasteiger charge is 2.41. The van der Waals surface area contributed by atoms with Crippen LogP contribution >= 0.6 is 0 Å². The van der Waals surface area contributed by atoms with Crippen molar-refractivity contribution in [3.63, 3.8) is 0 Å². The number of carbonyl (C=O) groups is 3.